The summed E-state index contributed by atoms with van der Waals surface area (Å²) in [5, 5.41) is 3.41. The summed E-state index contributed by atoms with van der Waals surface area (Å²) in [5.41, 5.74) is 9.10. The summed E-state index contributed by atoms with van der Waals surface area (Å²) in [6.45, 7) is 7.67. The third-order valence-corrected chi connectivity index (χ3v) is 3.23. The minimum Gasteiger partial charge on any atom is -0.397 e. The maximum Gasteiger partial charge on any atom is 0.0574 e. The number of hydrogen-bond acceptors (Lipinski definition) is 2. The summed E-state index contributed by atoms with van der Waals surface area (Å²) in [7, 11) is 0. The van der Waals surface area contributed by atoms with Crippen molar-refractivity contribution in [3.8, 4) is 0 Å². The molecule has 0 aliphatic heterocycles. The number of hydrogen-bond donors (Lipinski definition) is 2. The van der Waals surface area contributed by atoms with Crippen LogP contribution in [-0.2, 0) is 0 Å². The van der Waals surface area contributed by atoms with Gasteiger partial charge in [0.15, 0.2) is 0 Å². The molecule has 0 aromatic heterocycles. The molecule has 0 heterocycles. The number of unbranched alkanes of at least 4 members (excludes halogenated alkanes) is 3. The monoisotopic (exact) mass is 248 g/mol. The van der Waals surface area contributed by atoms with E-state index in [1.54, 1.807) is 0 Å². The van der Waals surface area contributed by atoms with Crippen LogP contribution < -0.4 is 11.1 Å². The number of benzene rings is 1. The first kappa shape index (κ1) is 14.9. The normalized spacial score (nSPS) is 10.9. The summed E-state index contributed by atoms with van der Waals surface area (Å²) in [4.78, 5) is 0. The summed E-state index contributed by atoms with van der Waals surface area (Å²) in [6, 6.07) is 6.19. The molecule has 0 radical (unpaired) electrons. The fourth-order valence-electron chi connectivity index (χ4n) is 2.10. The van der Waals surface area contributed by atoms with E-state index in [9.17, 15) is 0 Å². The van der Waals surface area contributed by atoms with E-state index in [0.29, 0.717) is 0 Å². The molecule has 2 nitrogen and oxygen atoms in total. The first-order valence-corrected chi connectivity index (χ1v) is 7.19. The molecule has 0 amide bonds. The summed E-state index contributed by atoms with van der Waals surface area (Å²) >= 11 is 0. The molecule has 0 bridgehead atoms. The lowest BCUT2D eigenvalue weighted by atomic mass is 10.0. The Morgan fingerprint density at radius 1 is 1.11 bits per heavy atom. The predicted molar refractivity (Wildman–Crippen MR) is 82.0 cm³/mol. The fraction of sp³-hybridized carbons (Fsp3) is 0.625. The minimum absolute atomic E-state index is 0.843. The zero-order chi connectivity index (χ0) is 13.4. The van der Waals surface area contributed by atoms with Crippen molar-refractivity contribution < 1.29 is 0 Å². The highest BCUT2D eigenvalue weighted by atomic mass is 14.9. The van der Waals surface area contributed by atoms with Gasteiger partial charge >= 0.3 is 0 Å². The van der Waals surface area contributed by atoms with E-state index in [1.165, 1.54) is 37.7 Å². The molecule has 1 aromatic carbocycles. The van der Waals surface area contributed by atoms with Crippen LogP contribution in [0.1, 0.15) is 51.5 Å². The Morgan fingerprint density at radius 3 is 2.50 bits per heavy atom. The number of nitrogens with two attached hydrogens (primary N) is 1. The number of aryl methyl sites for hydroxylation is 1. The number of nitrogens with one attached hydrogen (secondary N) is 1. The first-order valence-electron chi connectivity index (χ1n) is 7.19. The Hall–Kier alpha value is -1.18. The van der Waals surface area contributed by atoms with Crippen molar-refractivity contribution in [2.45, 2.75) is 52.9 Å². The van der Waals surface area contributed by atoms with Gasteiger partial charge in [0.25, 0.3) is 0 Å². The molecule has 0 aliphatic rings. The molecule has 0 atom stereocenters. The van der Waals surface area contributed by atoms with Gasteiger partial charge in [-0.05, 0) is 37.0 Å². The topological polar surface area (TPSA) is 38.0 Å². The van der Waals surface area contributed by atoms with Crippen molar-refractivity contribution >= 4 is 11.4 Å². The zero-order valence-electron chi connectivity index (χ0n) is 12.1. The SMILES string of the molecule is Cc1ccc(NCCCCCCC(C)C)c(N)c1. The summed E-state index contributed by atoms with van der Waals surface area (Å²) in [5.74, 6) is 0.843. The lowest BCUT2D eigenvalue weighted by Gasteiger charge is -2.10. The molecular formula is C16H28N2. The van der Waals surface area contributed by atoms with Crippen LogP contribution in [-0.4, -0.2) is 6.54 Å². The van der Waals surface area contributed by atoms with Gasteiger partial charge < -0.3 is 11.1 Å². The molecule has 102 valence electrons. The number of anilines is 2. The Kier molecular flexibility index (Phi) is 6.63. The molecule has 0 saturated carbocycles. The third-order valence-electron chi connectivity index (χ3n) is 3.23. The lowest BCUT2D eigenvalue weighted by Crippen LogP contribution is -2.04. The highest BCUT2D eigenvalue weighted by Crippen LogP contribution is 2.19. The molecule has 1 aromatic rings. The predicted octanol–water partition coefficient (Wildman–Crippen LogP) is 4.60. The van der Waals surface area contributed by atoms with Crippen LogP contribution in [0, 0.1) is 12.8 Å². The average molecular weight is 248 g/mol. The largest absolute Gasteiger partial charge is 0.397 e. The molecule has 0 saturated heterocycles. The maximum atomic E-state index is 5.95. The van der Waals surface area contributed by atoms with Crippen LogP contribution in [0.15, 0.2) is 18.2 Å². The molecule has 1 rings (SSSR count). The van der Waals surface area contributed by atoms with Gasteiger partial charge in [0, 0.05) is 6.54 Å². The van der Waals surface area contributed by atoms with Crippen molar-refractivity contribution in [2.24, 2.45) is 5.92 Å². The van der Waals surface area contributed by atoms with Crippen LogP contribution >= 0.6 is 0 Å². The lowest BCUT2D eigenvalue weighted by molar-refractivity contribution is 0.523. The van der Waals surface area contributed by atoms with Crippen molar-refractivity contribution in [3.63, 3.8) is 0 Å². The van der Waals surface area contributed by atoms with Gasteiger partial charge in [-0.2, -0.15) is 0 Å². The third kappa shape index (κ3) is 5.95. The van der Waals surface area contributed by atoms with Gasteiger partial charge in [-0.3, -0.25) is 0 Å². The van der Waals surface area contributed by atoms with Gasteiger partial charge in [-0.1, -0.05) is 45.6 Å². The molecule has 0 spiro atoms. The molecule has 0 unspecified atom stereocenters. The average Bonchev–Trinajstić information content (AvgIpc) is 2.30. The molecule has 3 N–H and O–H groups in total. The van der Waals surface area contributed by atoms with Gasteiger partial charge in [-0.25, -0.2) is 0 Å². The zero-order valence-corrected chi connectivity index (χ0v) is 12.1. The van der Waals surface area contributed by atoms with Crippen molar-refractivity contribution in [1.29, 1.82) is 0 Å². The van der Waals surface area contributed by atoms with Crippen molar-refractivity contribution in [2.75, 3.05) is 17.6 Å². The van der Waals surface area contributed by atoms with Crippen LogP contribution in [0.3, 0.4) is 0 Å². The quantitative estimate of drug-likeness (QED) is 0.521. The maximum absolute atomic E-state index is 5.95. The number of rotatable bonds is 8. The van der Waals surface area contributed by atoms with Crippen LogP contribution in [0.25, 0.3) is 0 Å². The Morgan fingerprint density at radius 2 is 1.83 bits per heavy atom. The Labute approximate surface area is 112 Å². The molecule has 0 fully saturated rings. The van der Waals surface area contributed by atoms with E-state index in [-0.39, 0.29) is 0 Å². The Balaban J connectivity index is 2.11. The number of nitrogen functional groups attached to an aromatic ring is 1. The summed E-state index contributed by atoms with van der Waals surface area (Å²) < 4.78 is 0. The van der Waals surface area contributed by atoms with Crippen LogP contribution in [0.4, 0.5) is 11.4 Å². The van der Waals surface area contributed by atoms with E-state index in [4.69, 9.17) is 5.73 Å². The van der Waals surface area contributed by atoms with Gasteiger partial charge in [-0.15, -0.1) is 0 Å². The van der Waals surface area contributed by atoms with E-state index in [1.807, 2.05) is 6.07 Å². The fourth-order valence-corrected chi connectivity index (χ4v) is 2.10. The van der Waals surface area contributed by atoms with Crippen molar-refractivity contribution in [3.05, 3.63) is 23.8 Å². The van der Waals surface area contributed by atoms with Gasteiger partial charge in [0.05, 0.1) is 11.4 Å². The second-order valence-electron chi connectivity index (χ2n) is 5.61. The van der Waals surface area contributed by atoms with Crippen molar-refractivity contribution in [1.82, 2.24) is 0 Å². The van der Waals surface area contributed by atoms with E-state index in [2.05, 4.69) is 38.2 Å². The van der Waals surface area contributed by atoms with Crippen LogP contribution in [0.2, 0.25) is 0 Å². The molecule has 0 aliphatic carbocycles. The highest BCUT2D eigenvalue weighted by Gasteiger charge is 1.98. The second-order valence-corrected chi connectivity index (χ2v) is 5.61. The first-order chi connectivity index (χ1) is 8.59. The van der Waals surface area contributed by atoms with E-state index < -0.39 is 0 Å². The molecule has 2 heteroatoms. The van der Waals surface area contributed by atoms with E-state index >= 15 is 0 Å². The molecular weight excluding hydrogens is 220 g/mol. The molecule has 18 heavy (non-hydrogen) atoms. The minimum atomic E-state index is 0.843. The van der Waals surface area contributed by atoms with Crippen LogP contribution in [0.5, 0.6) is 0 Å². The smallest absolute Gasteiger partial charge is 0.0574 e. The van der Waals surface area contributed by atoms with Gasteiger partial charge in [0.2, 0.25) is 0 Å². The van der Waals surface area contributed by atoms with Gasteiger partial charge in [0.1, 0.15) is 0 Å². The van der Waals surface area contributed by atoms with E-state index in [0.717, 1.165) is 23.8 Å². The second kappa shape index (κ2) is 8.02. The summed E-state index contributed by atoms with van der Waals surface area (Å²) in [6.07, 6.45) is 6.61. The highest BCUT2D eigenvalue weighted by molar-refractivity contribution is 5.66. The Bertz CT molecular complexity index is 345. The standard InChI is InChI=1S/C16H28N2/c1-13(2)8-6-4-5-7-11-18-16-10-9-14(3)12-15(16)17/h9-10,12-13,18H,4-8,11,17H2,1-3H3.